The zero-order valence-electron chi connectivity index (χ0n) is 9.49. The molecule has 0 aromatic heterocycles. The lowest BCUT2D eigenvalue weighted by Crippen LogP contribution is -2.43. The van der Waals surface area contributed by atoms with Crippen molar-refractivity contribution in [1.29, 1.82) is 0 Å². The molecule has 5 heteroatoms. The van der Waals surface area contributed by atoms with E-state index in [2.05, 4.69) is 11.2 Å². The summed E-state index contributed by atoms with van der Waals surface area (Å²) in [6, 6.07) is -0.474. The van der Waals surface area contributed by atoms with E-state index in [1.54, 1.807) is 0 Å². The third-order valence-corrected chi connectivity index (χ3v) is 1.66. The van der Waals surface area contributed by atoms with Gasteiger partial charge in [0, 0.05) is 6.54 Å². The highest BCUT2D eigenvalue weighted by Crippen LogP contribution is 1.90. The Hall–Kier alpha value is -1.96. The average molecular weight is 224 g/mol. The summed E-state index contributed by atoms with van der Waals surface area (Å²) in [6.07, 6.45) is 6.87. The molecule has 16 heavy (non-hydrogen) atoms. The Morgan fingerprint density at radius 2 is 2.12 bits per heavy atom. The molecule has 0 fully saturated rings. The van der Waals surface area contributed by atoms with Gasteiger partial charge in [-0.15, -0.1) is 6.42 Å². The molecule has 0 spiro atoms. The molecule has 0 rings (SSSR count). The molecule has 2 N–H and O–H groups in total. The highest BCUT2D eigenvalue weighted by Gasteiger charge is 2.14. The number of nitrogens with one attached hydrogen (secondary N) is 1. The van der Waals surface area contributed by atoms with Crippen LogP contribution in [-0.4, -0.2) is 41.6 Å². The van der Waals surface area contributed by atoms with Gasteiger partial charge in [0.15, 0.2) is 0 Å². The second-order valence-electron chi connectivity index (χ2n) is 3.42. The zero-order chi connectivity index (χ0) is 12.6. The molecular weight excluding hydrogens is 208 g/mol. The average Bonchev–Trinajstić information content (AvgIpc) is 2.15. The lowest BCUT2D eigenvalue weighted by Gasteiger charge is -2.17. The van der Waals surface area contributed by atoms with Crippen LogP contribution in [-0.2, 0) is 4.79 Å². The summed E-state index contributed by atoms with van der Waals surface area (Å²) in [7, 11) is 0. The molecule has 0 radical (unpaired) electrons. The van der Waals surface area contributed by atoms with Crippen molar-refractivity contribution in [2.24, 2.45) is 0 Å². The third kappa shape index (κ3) is 6.49. The van der Waals surface area contributed by atoms with Crippen LogP contribution < -0.4 is 5.32 Å². The Morgan fingerprint density at radius 1 is 1.50 bits per heavy atom. The fraction of sp³-hybridized carbons (Fsp3) is 0.455. The predicted molar refractivity (Wildman–Crippen MR) is 60.9 cm³/mol. The third-order valence-electron chi connectivity index (χ3n) is 1.66. The fourth-order valence-electron chi connectivity index (χ4n) is 0.927. The minimum absolute atomic E-state index is 0.0209. The lowest BCUT2D eigenvalue weighted by atomic mass is 10.3. The van der Waals surface area contributed by atoms with Crippen molar-refractivity contribution in [3.05, 3.63) is 11.6 Å². The summed E-state index contributed by atoms with van der Waals surface area (Å²) in [6.45, 7) is 3.75. The first-order chi connectivity index (χ1) is 7.47. The molecular formula is C11H16N2O3. The molecule has 0 heterocycles. The normalized spacial score (nSPS) is 8.81. The van der Waals surface area contributed by atoms with Crippen LogP contribution >= 0.6 is 0 Å². The number of rotatable bonds is 5. The number of carbonyl (C=O) groups is 2. The molecule has 0 aromatic rings. The topological polar surface area (TPSA) is 69.6 Å². The first-order valence-corrected chi connectivity index (χ1v) is 4.78. The van der Waals surface area contributed by atoms with Crippen molar-refractivity contribution in [2.45, 2.75) is 13.8 Å². The second kappa shape index (κ2) is 7.35. The number of urea groups is 1. The largest absolute Gasteiger partial charge is 0.480 e. The second-order valence-corrected chi connectivity index (χ2v) is 3.42. The van der Waals surface area contributed by atoms with E-state index in [4.69, 9.17) is 11.5 Å². The predicted octanol–water partition coefficient (Wildman–Crippen LogP) is 0.682. The van der Waals surface area contributed by atoms with Gasteiger partial charge in [-0.05, 0) is 13.8 Å². The Balaban J connectivity index is 4.23. The Labute approximate surface area is 95.1 Å². The minimum atomic E-state index is -1.09. The van der Waals surface area contributed by atoms with Gasteiger partial charge in [0.05, 0.1) is 6.54 Å². The number of hydrogen-bond acceptors (Lipinski definition) is 2. The van der Waals surface area contributed by atoms with Crippen molar-refractivity contribution in [3.8, 4) is 12.3 Å². The molecule has 0 aliphatic heterocycles. The molecule has 88 valence electrons. The Bertz CT molecular complexity index is 325. The number of carbonyl (C=O) groups excluding carboxylic acids is 1. The van der Waals surface area contributed by atoms with E-state index >= 15 is 0 Å². The Kier molecular flexibility index (Phi) is 6.45. The molecule has 0 unspecified atom stereocenters. The first kappa shape index (κ1) is 14.0. The molecule has 0 saturated carbocycles. The van der Waals surface area contributed by atoms with Crippen molar-refractivity contribution in [2.75, 3.05) is 19.6 Å². The van der Waals surface area contributed by atoms with E-state index < -0.39 is 18.5 Å². The summed E-state index contributed by atoms with van der Waals surface area (Å²) < 4.78 is 0. The summed E-state index contributed by atoms with van der Waals surface area (Å²) in [4.78, 5) is 23.0. The number of carboxylic acid groups (broad SMARTS) is 1. The molecule has 0 aliphatic rings. The highest BCUT2D eigenvalue weighted by atomic mass is 16.4. The summed E-state index contributed by atoms with van der Waals surface area (Å²) in [5.74, 6) is 1.15. The van der Waals surface area contributed by atoms with Crippen LogP contribution in [0.2, 0.25) is 0 Å². The van der Waals surface area contributed by atoms with Gasteiger partial charge in [0.2, 0.25) is 0 Å². The van der Waals surface area contributed by atoms with E-state index in [0.29, 0.717) is 6.54 Å². The summed E-state index contributed by atoms with van der Waals surface area (Å²) >= 11 is 0. The molecule has 0 aliphatic carbocycles. The van der Waals surface area contributed by atoms with Crippen LogP contribution in [0.5, 0.6) is 0 Å². The maximum Gasteiger partial charge on any atom is 0.323 e. The number of nitrogens with zero attached hydrogens (tertiary/aromatic N) is 1. The van der Waals surface area contributed by atoms with Crippen molar-refractivity contribution in [1.82, 2.24) is 10.2 Å². The zero-order valence-corrected chi connectivity index (χ0v) is 9.49. The maximum atomic E-state index is 11.5. The van der Waals surface area contributed by atoms with E-state index in [9.17, 15) is 9.59 Å². The standard InChI is InChI=1S/C11H16N2O3/c1-4-7-13(8-10(14)15)11(16)12-6-5-9(2)3/h1,5H,6-8H2,2-3H3,(H,12,16)(H,14,15). The maximum absolute atomic E-state index is 11.5. The Morgan fingerprint density at radius 3 is 2.56 bits per heavy atom. The van der Waals surface area contributed by atoms with E-state index in [-0.39, 0.29) is 6.54 Å². The molecule has 0 atom stereocenters. The van der Waals surface area contributed by atoms with Crippen molar-refractivity contribution in [3.63, 3.8) is 0 Å². The molecule has 2 amide bonds. The van der Waals surface area contributed by atoms with Gasteiger partial charge in [-0.2, -0.15) is 0 Å². The molecule has 0 aromatic carbocycles. The number of aliphatic carboxylic acids is 1. The first-order valence-electron chi connectivity index (χ1n) is 4.78. The molecule has 0 bridgehead atoms. The van der Waals surface area contributed by atoms with Gasteiger partial charge >= 0.3 is 12.0 Å². The number of carboxylic acids is 1. The van der Waals surface area contributed by atoms with Gasteiger partial charge in [-0.25, -0.2) is 4.79 Å². The van der Waals surface area contributed by atoms with Crippen LogP contribution in [0.15, 0.2) is 11.6 Å². The van der Waals surface area contributed by atoms with Crippen LogP contribution in [0.3, 0.4) is 0 Å². The van der Waals surface area contributed by atoms with Gasteiger partial charge in [0.25, 0.3) is 0 Å². The van der Waals surface area contributed by atoms with Gasteiger partial charge in [-0.3, -0.25) is 4.79 Å². The SMILES string of the molecule is C#CCN(CC(=O)O)C(=O)NCC=C(C)C. The quantitative estimate of drug-likeness (QED) is 0.533. The van der Waals surface area contributed by atoms with Gasteiger partial charge in [0.1, 0.15) is 6.54 Å². The van der Waals surface area contributed by atoms with E-state index in [0.717, 1.165) is 10.5 Å². The van der Waals surface area contributed by atoms with E-state index in [1.807, 2.05) is 19.9 Å². The number of hydrogen-bond donors (Lipinski definition) is 2. The van der Waals surface area contributed by atoms with Crippen LogP contribution in [0, 0.1) is 12.3 Å². The van der Waals surface area contributed by atoms with E-state index in [1.165, 1.54) is 0 Å². The summed E-state index contributed by atoms with van der Waals surface area (Å²) in [5.41, 5.74) is 1.07. The van der Waals surface area contributed by atoms with Gasteiger partial charge < -0.3 is 15.3 Å². The minimum Gasteiger partial charge on any atom is -0.480 e. The number of terminal acetylenes is 1. The van der Waals surface area contributed by atoms with Crippen LogP contribution in [0.1, 0.15) is 13.8 Å². The fourth-order valence-corrected chi connectivity index (χ4v) is 0.927. The van der Waals surface area contributed by atoms with Crippen LogP contribution in [0.25, 0.3) is 0 Å². The highest BCUT2D eigenvalue weighted by molar-refractivity contribution is 5.80. The van der Waals surface area contributed by atoms with Gasteiger partial charge in [-0.1, -0.05) is 17.6 Å². The molecule has 5 nitrogen and oxygen atoms in total. The van der Waals surface area contributed by atoms with Crippen molar-refractivity contribution < 1.29 is 14.7 Å². The number of allylic oxidation sites excluding steroid dienone is 1. The molecule has 0 saturated heterocycles. The van der Waals surface area contributed by atoms with Crippen LogP contribution in [0.4, 0.5) is 4.79 Å². The summed E-state index contributed by atoms with van der Waals surface area (Å²) in [5, 5.41) is 11.1. The van der Waals surface area contributed by atoms with Crippen molar-refractivity contribution >= 4 is 12.0 Å². The smallest absolute Gasteiger partial charge is 0.323 e. The lowest BCUT2D eigenvalue weighted by molar-refractivity contribution is -0.137. The monoisotopic (exact) mass is 224 g/mol. The number of amides is 2.